The van der Waals surface area contributed by atoms with Gasteiger partial charge in [0.1, 0.15) is 9.90 Å². The summed E-state index contributed by atoms with van der Waals surface area (Å²) in [7, 11) is -3.52. The zero-order valence-corrected chi connectivity index (χ0v) is 16.1. The molecule has 1 saturated heterocycles. The number of aromatic nitrogens is 4. The van der Waals surface area contributed by atoms with E-state index in [4.69, 9.17) is 4.42 Å². The van der Waals surface area contributed by atoms with Crippen LogP contribution in [-0.4, -0.2) is 46.2 Å². The molecule has 1 aliphatic heterocycles. The zero-order valence-electron chi connectivity index (χ0n) is 14.5. The zero-order chi connectivity index (χ0) is 18.3. The SMILES string of the molecule is Cc1n[nH]c(C)c1S(=O)(=O)N1CCC(c2nnc(-c3ccco3)s2)CC1. The fourth-order valence-corrected chi connectivity index (χ4v) is 6.07. The van der Waals surface area contributed by atoms with Crippen LogP contribution in [0.25, 0.3) is 10.8 Å². The molecule has 0 unspecified atom stereocenters. The second kappa shape index (κ2) is 6.60. The van der Waals surface area contributed by atoms with Crippen molar-refractivity contribution < 1.29 is 12.8 Å². The molecule has 26 heavy (non-hydrogen) atoms. The van der Waals surface area contributed by atoms with E-state index in [1.807, 2.05) is 12.1 Å². The summed E-state index contributed by atoms with van der Waals surface area (Å²) in [5.41, 5.74) is 1.09. The van der Waals surface area contributed by atoms with Crippen molar-refractivity contribution in [2.45, 2.75) is 37.5 Å². The molecular weight excluding hydrogens is 374 g/mol. The van der Waals surface area contributed by atoms with Gasteiger partial charge in [-0.05, 0) is 38.8 Å². The average molecular weight is 393 g/mol. The van der Waals surface area contributed by atoms with E-state index in [1.54, 1.807) is 24.4 Å². The Balaban J connectivity index is 1.48. The predicted molar refractivity (Wildman–Crippen MR) is 96.4 cm³/mol. The number of hydrogen-bond donors (Lipinski definition) is 1. The summed E-state index contributed by atoms with van der Waals surface area (Å²) in [6.07, 6.45) is 3.06. The van der Waals surface area contributed by atoms with Gasteiger partial charge in [0.2, 0.25) is 10.0 Å². The number of nitrogens with one attached hydrogen (secondary N) is 1. The first-order valence-electron chi connectivity index (χ1n) is 8.36. The van der Waals surface area contributed by atoms with Gasteiger partial charge < -0.3 is 4.42 Å². The lowest BCUT2D eigenvalue weighted by atomic mass is 9.99. The van der Waals surface area contributed by atoms with Crippen LogP contribution in [-0.2, 0) is 10.0 Å². The number of aromatic amines is 1. The monoisotopic (exact) mass is 393 g/mol. The number of rotatable bonds is 4. The Morgan fingerprint density at radius 2 is 2.04 bits per heavy atom. The standard InChI is InChI=1S/C16H19N5O3S2/c1-10-14(11(2)18-17-10)26(22,23)21-7-5-12(6-8-21)15-19-20-16(25-15)13-4-3-9-24-13/h3-4,9,12H,5-8H2,1-2H3,(H,17,18). The van der Waals surface area contributed by atoms with Crippen molar-refractivity contribution in [3.63, 3.8) is 0 Å². The maximum absolute atomic E-state index is 12.9. The normalized spacial score (nSPS) is 17.0. The molecule has 3 aromatic heterocycles. The number of H-pyrrole nitrogens is 1. The minimum absolute atomic E-state index is 0.217. The van der Waals surface area contributed by atoms with Crippen molar-refractivity contribution in [3.05, 3.63) is 34.8 Å². The fraction of sp³-hybridized carbons (Fsp3) is 0.438. The quantitative estimate of drug-likeness (QED) is 0.731. The first-order valence-corrected chi connectivity index (χ1v) is 10.6. The molecule has 1 N–H and O–H groups in total. The van der Waals surface area contributed by atoms with Gasteiger partial charge in [-0.2, -0.15) is 9.40 Å². The Bertz CT molecular complexity index is 979. The summed E-state index contributed by atoms with van der Waals surface area (Å²) in [5.74, 6) is 0.925. The first-order chi connectivity index (χ1) is 12.5. The Kier molecular flexibility index (Phi) is 4.41. The molecular formula is C16H19N5O3S2. The second-order valence-electron chi connectivity index (χ2n) is 6.36. The minimum Gasteiger partial charge on any atom is -0.462 e. The first kappa shape index (κ1) is 17.4. The van der Waals surface area contributed by atoms with Crippen LogP contribution in [0.3, 0.4) is 0 Å². The fourth-order valence-electron chi connectivity index (χ4n) is 3.29. The smallest absolute Gasteiger partial charge is 0.246 e. The van der Waals surface area contributed by atoms with Gasteiger partial charge in [-0.25, -0.2) is 8.42 Å². The predicted octanol–water partition coefficient (Wildman–Crippen LogP) is 2.71. The van der Waals surface area contributed by atoms with Gasteiger partial charge in [-0.3, -0.25) is 5.10 Å². The molecule has 4 rings (SSSR count). The molecule has 1 fully saturated rings. The Hall–Kier alpha value is -2.04. The van der Waals surface area contributed by atoms with Gasteiger partial charge in [0, 0.05) is 19.0 Å². The molecule has 138 valence electrons. The summed E-state index contributed by atoms with van der Waals surface area (Å²) >= 11 is 1.51. The molecule has 10 heteroatoms. The Labute approximate surface area is 155 Å². The van der Waals surface area contributed by atoms with Crippen LogP contribution in [0, 0.1) is 13.8 Å². The van der Waals surface area contributed by atoms with Gasteiger partial charge in [-0.1, -0.05) is 11.3 Å². The summed E-state index contributed by atoms with van der Waals surface area (Å²) in [6.45, 7) is 4.37. The molecule has 0 spiro atoms. The number of sulfonamides is 1. The van der Waals surface area contributed by atoms with Crippen LogP contribution in [0.4, 0.5) is 0 Å². The second-order valence-corrected chi connectivity index (χ2v) is 9.25. The van der Waals surface area contributed by atoms with E-state index in [1.165, 1.54) is 11.3 Å². The molecule has 3 aromatic rings. The van der Waals surface area contributed by atoms with Crippen LogP contribution in [0.2, 0.25) is 0 Å². The topological polar surface area (TPSA) is 105 Å². The maximum atomic E-state index is 12.9. The number of furan rings is 1. The Morgan fingerprint density at radius 1 is 1.27 bits per heavy atom. The highest BCUT2D eigenvalue weighted by molar-refractivity contribution is 7.89. The lowest BCUT2D eigenvalue weighted by molar-refractivity contribution is 0.318. The highest BCUT2D eigenvalue weighted by atomic mass is 32.2. The molecule has 0 aromatic carbocycles. The van der Waals surface area contributed by atoms with E-state index < -0.39 is 10.0 Å². The lowest BCUT2D eigenvalue weighted by Gasteiger charge is -2.30. The van der Waals surface area contributed by atoms with Crippen molar-refractivity contribution in [3.8, 4) is 10.8 Å². The van der Waals surface area contributed by atoms with E-state index in [0.717, 1.165) is 22.9 Å². The molecule has 0 saturated carbocycles. The number of nitrogens with zero attached hydrogens (tertiary/aromatic N) is 4. The summed E-state index contributed by atoms with van der Waals surface area (Å²) < 4.78 is 32.7. The highest BCUT2D eigenvalue weighted by Crippen LogP contribution is 2.35. The third-order valence-corrected chi connectivity index (χ3v) is 7.90. The lowest BCUT2D eigenvalue weighted by Crippen LogP contribution is -2.38. The largest absolute Gasteiger partial charge is 0.462 e. The number of aryl methyl sites for hydroxylation is 2. The third-order valence-electron chi connectivity index (χ3n) is 4.63. The van der Waals surface area contributed by atoms with E-state index in [2.05, 4.69) is 20.4 Å². The molecule has 0 amide bonds. The van der Waals surface area contributed by atoms with Gasteiger partial charge in [-0.15, -0.1) is 10.2 Å². The molecule has 1 aliphatic rings. The molecule has 8 nitrogen and oxygen atoms in total. The van der Waals surface area contributed by atoms with E-state index in [0.29, 0.717) is 35.1 Å². The van der Waals surface area contributed by atoms with E-state index >= 15 is 0 Å². The number of piperidine rings is 1. The van der Waals surface area contributed by atoms with E-state index in [9.17, 15) is 8.42 Å². The summed E-state index contributed by atoms with van der Waals surface area (Å²) in [6, 6.07) is 3.68. The van der Waals surface area contributed by atoms with Crippen molar-refractivity contribution in [2.24, 2.45) is 0 Å². The van der Waals surface area contributed by atoms with Crippen LogP contribution in [0.5, 0.6) is 0 Å². The van der Waals surface area contributed by atoms with Gasteiger partial charge >= 0.3 is 0 Å². The van der Waals surface area contributed by atoms with Crippen molar-refractivity contribution >= 4 is 21.4 Å². The van der Waals surface area contributed by atoms with Crippen molar-refractivity contribution in [1.82, 2.24) is 24.7 Å². The maximum Gasteiger partial charge on any atom is 0.246 e. The Morgan fingerprint density at radius 3 is 2.65 bits per heavy atom. The molecule has 0 bridgehead atoms. The molecule has 0 radical (unpaired) electrons. The van der Waals surface area contributed by atoms with Crippen LogP contribution in [0.1, 0.15) is 35.2 Å². The average Bonchev–Trinajstić information content (AvgIpc) is 3.35. The highest BCUT2D eigenvalue weighted by Gasteiger charge is 2.34. The van der Waals surface area contributed by atoms with Gasteiger partial charge in [0.05, 0.1) is 17.7 Å². The molecule has 0 atom stereocenters. The van der Waals surface area contributed by atoms with Crippen molar-refractivity contribution in [1.29, 1.82) is 0 Å². The van der Waals surface area contributed by atoms with Crippen LogP contribution < -0.4 is 0 Å². The van der Waals surface area contributed by atoms with Crippen molar-refractivity contribution in [2.75, 3.05) is 13.1 Å². The van der Waals surface area contributed by atoms with Crippen LogP contribution in [0.15, 0.2) is 27.7 Å². The minimum atomic E-state index is -3.52. The molecule has 0 aliphatic carbocycles. The van der Waals surface area contributed by atoms with Gasteiger partial charge in [0.25, 0.3) is 0 Å². The summed E-state index contributed by atoms with van der Waals surface area (Å²) in [5, 5.41) is 16.9. The van der Waals surface area contributed by atoms with Crippen LogP contribution >= 0.6 is 11.3 Å². The summed E-state index contributed by atoms with van der Waals surface area (Å²) in [4.78, 5) is 0.298. The number of hydrogen-bond acceptors (Lipinski definition) is 7. The third kappa shape index (κ3) is 2.97. The van der Waals surface area contributed by atoms with Gasteiger partial charge in [0.15, 0.2) is 10.8 Å². The van der Waals surface area contributed by atoms with E-state index in [-0.39, 0.29) is 5.92 Å². The molecule has 4 heterocycles.